The van der Waals surface area contributed by atoms with Gasteiger partial charge in [0, 0.05) is 19.0 Å². The van der Waals surface area contributed by atoms with E-state index in [2.05, 4.69) is 54.8 Å². The normalized spacial score (nSPS) is 13.3. The molecule has 1 atom stereocenters. The van der Waals surface area contributed by atoms with E-state index >= 15 is 0 Å². The van der Waals surface area contributed by atoms with Crippen molar-refractivity contribution in [3.05, 3.63) is 12.2 Å². The van der Waals surface area contributed by atoms with E-state index in [1.165, 1.54) is 25.7 Å². The minimum absolute atomic E-state index is 0.505. The molecule has 0 fully saturated rings. The van der Waals surface area contributed by atoms with Gasteiger partial charge in [-0.1, -0.05) is 40.5 Å². The summed E-state index contributed by atoms with van der Waals surface area (Å²) >= 11 is 0. The maximum absolute atomic E-state index is 4.47. The molecule has 0 radical (unpaired) electrons. The predicted octanol–water partition coefficient (Wildman–Crippen LogP) is 3.28. The summed E-state index contributed by atoms with van der Waals surface area (Å²) in [5, 5.41) is 7.88. The van der Waals surface area contributed by atoms with Crippen LogP contribution in [0.25, 0.3) is 0 Å². The van der Waals surface area contributed by atoms with E-state index in [4.69, 9.17) is 0 Å². The third-order valence-corrected chi connectivity index (χ3v) is 3.90. The Balaban J connectivity index is 2.73. The molecule has 0 saturated heterocycles. The molecule has 1 N–H and O–H groups in total. The monoisotopic (exact) mass is 280 g/mol. The Morgan fingerprint density at radius 3 is 2.35 bits per heavy atom. The maximum atomic E-state index is 4.47. The average Bonchev–Trinajstić information content (AvgIpc) is 2.82. The van der Waals surface area contributed by atoms with Crippen LogP contribution >= 0.6 is 0 Å². The quantitative estimate of drug-likeness (QED) is 0.715. The highest BCUT2D eigenvalue weighted by Crippen LogP contribution is 2.20. The van der Waals surface area contributed by atoms with Crippen molar-refractivity contribution in [1.29, 1.82) is 0 Å². The van der Waals surface area contributed by atoms with Crippen molar-refractivity contribution in [3.63, 3.8) is 0 Å². The Morgan fingerprint density at radius 2 is 1.85 bits per heavy atom. The molecule has 0 saturated carbocycles. The fraction of sp³-hybridized carbons (Fsp3) is 0.875. The van der Waals surface area contributed by atoms with Gasteiger partial charge in [0.15, 0.2) is 0 Å². The molecular formula is C16H32N4. The van der Waals surface area contributed by atoms with Crippen LogP contribution in [0.4, 0.5) is 0 Å². The van der Waals surface area contributed by atoms with Crippen LogP contribution in [0.3, 0.4) is 0 Å². The summed E-state index contributed by atoms with van der Waals surface area (Å²) in [5.74, 6) is 2.46. The van der Waals surface area contributed by atoms with E-state index in [0.29, 0.717) is 12.0 Å². The zero-order valence-electron chi connectivity index (χ0n) is 13.9. The van der Waals surface area contributed by atoms with Gasteiger partial charge in [0.25, 0.3) is 0 Å². The first-order chi connectivity index (χ1) is 9.62. The van der Waals surface area contributed by atoms with Crippen LogP contribution in [0.5, 0.6) is 0 Å². The molecule has 1 aromatic heterocycles. The molecule has 0 aromatic carbocycles. The number of likely N-dealkylation sites (N-methyl/N-ethyl adjacent to an activating group) is 1. The first kappa shape index (κ1) is 17.2. The summed E-state index contributed by atoms with van der Waals surface area (Å²) in [5.41, 5.74) is 0. The summed E-state index contributed by atoms with van der Waals surface area (Å²) in [6, 6.07) is 0.505. The SMILES string of the molecule is CCCC(CCC)C(Cc1ncnn1CC(C)C)NC. The minimum Gasteiger partial charge on any atom is -0.316 e. The summed E-state index contributed by atoms with van der Waals surface area (Å²) in [6.07, 6.45) is 7.76. The minimum atomic E-state index is 0.505. The average molecular weight is 280 g/mol. The standard InChI is InChI=1S/C16H32N4/c1-6-8-14(9-7-2)15(17-5)10-16-18-12-19-20(16)11-13(3)4/h12-15,17H,6-11H2,1-5H3. The van der Waals surface area contributed by atoms with Crippen LogP contribution in [0, 0.1) is 11.8 Å². The summed E-state index contributed by atoms with van der Waals surface area (Å²) < 4.78 is 2.07. The second-order valence-corrected chi connectivity index (χ2v) is 6.19. The number of nitrogens with one attached hydrogen (secondary N) is 1. The third-order valence-electron chi connectivity index (χ3n) is 3.90. The fourth-order valence-electron chi connectivity index (χ4n) is 2.93. The van der Waals surface area contributed by atoms with Crippen LogP contribution in [0.15, 0.2) is 6.33 Å². The first-order valence-electron chi connectivity index (χ1n) is 8.16. The Kier molecular flexibility index (Phi) is 7.82. The molecule has 0 bridgehead atoms. The van der Waals surface area contributed by atoms with E-state index < -0.39 is 0 Å². The van der Waals surface area contributed by atoms with Gasteiger partial charge in [0.2, 0.25) is 0 Å². The molecule has 1 heterocycles. The van der Waals surface area contributed by atoms with Gasteiger partial charge in [0.1, 0.15) is 12.2 Å². The molecule has 4 heteroatoms. The van der Waals surface area contributed by atoms with Gasteiger partial charge in [-0.15, -0.1) is 0 Å². The van der Waals surface area contributed by atoms with Gasteiger partial charge < -0.3 is 5.32 Å². The first-order valence-corrected chi connectivity index (χ1v) is 8.16. The lowest BCUT2D eigenvalue weighted by atomic mass is 9.88. The Labute approximate surface area is 124 Å². The van der Waals surface area contributed by atoms with Crippen molar-refractivity contribution >= 4 is 0 Å². The van der Waals surface area contributed by atoms with Gasteiger partial charge in [-0.2, -0.15) is 5.10 Å². The molecule has 1 rings (SSSR count). The Morgan fingerprint density at radius 1 is 1.20 bits per heavy atom. The molecule has 0 aliphatic heterocycles. The molecule has 0 aliphatic carbocycles. The van der Waals surface area contributed by atoms with Crippen LogP contribution in [-0.4, -0.2) is 27.9 Å². The smallest absolute Gasteiger partial charge is 0.138 e. The summed E-state index contributed by atoms with van der Waals surface area (Å²) in [6.45, 7) is 9.95. The highest BCUT2D eigenvalue weighted by Gasteiger charge is 2.21. The topological polar surface area (TPSA) is 42.7 Å². The molecular weight excluding hydrogens is 248 g/mol. The van der Waals surface area contributed by atoms with Crippen molar-refractivity contribution < 1.29 is 0 Å². The molecule has 1 aromatic rings. The zero-order valence-corrected chi connectivity index (χ0v) is 13.9. The number of rotatable bonds is 10. The molecule has 0 amide bonds. The number of aromatic nitrogens is 3. The lowest BCUT2D eigenvalue weighted by molar-refractivity contribution is 0.313. The van der Waals surface area contributed by atoms with Crippen molar-refractivity contribution in [2.45, 2.75) is 72.4 Å². The van der Waals surface area contributed by atoms with Gasteiger partial charge in [0.05, 0.1) is 0 Å². The van der Waals surface area contributed by atoms with Crippen LogP contribution in [0.2, 0.25) is 0 Å². The van der Waals surface area contributed by atoms with Crippen LogP contribution in [0.1, 0.15) is 59.2 Å². The Bertz CT molecular complexity index is 353. The van der Waals surface area contributed by atoms with Gasteiger partial charge in [-0.05, 0) is 31.7 Å². The van der Waals surface area contributed by atoms with E-state index in [1.54, 1.807) is 6.33 Å². The lowest BCUT2D eigenvalue weighted by Gasteiger charge is -2.26. The fourth-order valence-corrected chi connectivity index (χ4v) is 2.93. The number of hydrogen-bond donors (Lipinski definition) is 1. The van der Waals surface area contributed by atoms with Crippen LogP contribution < -0.4 is 5.32 Å². The molecule has 0 aliphatic rings. The molecule has 4 nitrogen and oxygen atoms in total. The summed E-state index contributed by atoms with van der Waals surface area (Å²) in [7, 11) is 2.08. The second-order valence-electron chi connectivity index (χ2n) is 6.19. The van der Waals surface area contributed by atoms with E-state index in [9.17, 15) is 0 Å². The van der Waals surface area contributed by atoms with E-state index in [1.807, 2.05) is 0 Å². The summed E-state index contributed by atoms with van der Waals surface area (Å²) in [4.78, 5) is 4.47. The van der Waals surface area contributed by atoms with Crippen molar-refractivity contribution in [3.8, 4) is 0 Å². The second kappa shape index (κ2) is 9.11. The van der Waals surface area contributed by atoms with Crippen molar-refractivity contribution in [1.82, 2.24) is 20.1 Å². The zero-order chi connectivity index (χ0) is 15.0. The molecule has 20 heavy (non-hydrogen) atoms. The largest absolute Gasteiger partial charge is 0.316 e. The van der Waals surface area contributed by atoms with E-state index in [0.717, 1.165) is 24.7 Å². The van der Waals surface area contributed by atoms with Crippen LogP contribution in [-0.2, 0) is 13.0 Å². The molecule has 116 valence electrons. The highest BCUT2D eigenvalue weighted by molar-refractivity contribution is 4.92. The number of nitrogens with zero attached hydrogens (tertiary/aromatic N) is 3. The highest BCUT2D eigenvalue weighted by atomic mass is 15.3. The molecule has 1 unspecified atom stereocenters. The van der Waals surface area contributed by atoms with Gasteiger partial charge >= 0.3 is 0 Å². The Hall–Kier alpha value is -0.900. The van der Waals surface area contributed by atoms with Gasteiger partial charge in [-0.25, -0.2) is 9.67 Å². The molecule has 0 spiro atoms. The maximum Gasteiger partial charge on any atom is 0.138 e. The van der Waals surface area contributed by atoms with E-state index in [-0.39, 0.29) is 0 Å². The third kappa shape index (κ3) is 5.23. The van der Waals surface area contributed by atoms with Gasteiger partial charge in [-0.3, -0.25) is 0 Å². The predicted molar refractivity (Wildman–Crippen MR) is 84.7 cm³/mol. The lowest BCUT2D eigenvalue weighted by Crippen LogP contribution is -2.36. The number of hydrogen-bond acceptors (Lipinski definition) is 3. The van der Waals surface area contributed by atoms with Crippen molar-refractivity contribution in [2.24, 2.45) is 11.8 Å². The van der Waals surface area contributed by atoms with Crippen molar-refractivity contribution in [2.75, 3.05) is 7.05 Å².